The van der Waals surface area contributed by atoms with Gasteiger partial charge in [-0.3, -0.25) is 4.79 Å². The van der Waals surface area contributed by atoms with Gasteiger partial charge in [0.15, 0.2) is 0 Å². The van der Waals surface area contributed by atoms with E-state index in [2.05, 4.69) is 10.6 Å². The summed E-state index contributed by atoms with van der Waals surface area (Å²) in [6.45, 7) is 0. The quantitative estimate of drug-likeness (QED) is 0.872. The molecule has 1 saturated carbocycles. The van der Waals surface area contributed by atoms with Crippen molar-refractivity contribution in [2.24, 2.45) is 0 Å². The second-order valence-electron chi connectivity index (χ2n) is 5.44. The second kappa shape index (κ2) is 6.79. The first-order valence-electron chi connectivity index (χ1n) is 6.98. The van der Waals surface area contributed by atoms with Gasteiger partial charge in [-0.2, -0.15) is 0 Å². The van der Waals surface area contributed by atoms with Crippen LogP contribution in [0.4, 0.5) is 5.69 Å². The molecule has 0 spiro atoms. The van der Waals surface area contributed by atoms with E-state index < -0.39 is 0 Å². The zero-order valence-electron chi connectivity index (χ0n) is 11.6. The van der Waals surface area contributed by atoms with Gasteiger partial charge in [0.2, 0.25) is 5.91 Å². The van der Waals surface area contributed by atoms with Gasteiger partial charge in [-0.25, -0.2) is 0 Å². The minimum atomic E-state index is -0.0570. The summed E-state index contributed by atoms with van der Waals surface area (Å²) >= 11 is 11.8. The van der Waals surface area contributed by atoms with Crippen LogP contribution in [0.25, 0.3) is 0 Å². The van der Waals surface area contributed by atoms with Crippen molar-refractivity contribution in [3.05, 3.63) is 28.2 Å². The molecule has 1 aromatic rings. The Hall–Kier alpha value is -0.770. The average Bonchev–Trinajstić information content (AvgIpc) is 2.44. The highest BCUT2D eigenvalue weighted by molar-refractivity contribution is 6.42. The van der Waals surface area contributed by atoms with E-state index in [1.165, 1.54) is 19.3 Å². The first-order chi connectivity index (χ1) is 9.54. The highest BCUT2D eigenvalue weighted by Gasteiger charge is 2.32. The highest BCUT2D eigenvalue weighted by Crippen LogP contribution is 2.31. The predicted octanol–water partition coefficient (Wildman–Crippen LogP) is 4.24. The molecule has 0 unspecified atom stereocenters. The number of rotatable bonds is 4. The molecule has 1 aromatic carbocycles. The van der Waals surface area contributed by atoms with Crippen LogP contribution >= 0.6 is 23.2 Å². The Labute approximate surface area is 130 Å². The predicted molar refractivity (Wildman–Crippen MR) is 84.6 cm³/mol. The van der Waals surface area contributed by atoms with E-state index in [-0.39, 0.29) is 11.4 Å². The topological polar surface area (TPSA) is 41.1 Å². The van der Waals surface area contributed by atoms with Crippen molar-refractivity contribution in [2.75, 3.05) is 12.4 Å². The molecule has 1 aliphatic carbocycles. The Morgan fingerprint density at radius 1 is 1.20 bits per heavy atom. The Bertz CT molecular complexity index is 485. The van der Waals surface area contributed by atoms with Crippen LogP contribution in [0.15, 0.2) is 18.2 Å². The largest absolute Gasteiger partial charge is 0.326 e. The molecule has 0 saturated heterocycles. The van der Waals surface area contributed by atoms with Crippen LogP contribution in [0.5, 0.6) is 0 Å². The average molecular weight is 315 g/mol. The monoisotopic (exact) mass is 314 g/mol. The van der Waals surface area contributed by atoms with Crippen molar-refractivity contribution in [2.45, 2.75) is 44.1 Å². The molecule has 1 fully saturated rings. The Morgan fingerprint density at radius 2 is 1.90 bits per heavy atom. The molecule has 3 nitrogen and oxygen atoms in total. The van der Waals surface area contributed by atoms with Crippen molar-refractivity contribution >= 4 is 34.8 Å². The van der Waals surface area contributed by atoms with Gasteiger partial charge in [0.1, 0.15) is 0 Å². The van der Waals surface area contributed by atoms with E-state index in [9.17, 15) is 4.79 Å². The summed E-state index contributed by atoms with van der Waals surface area (Å²) in [4.78, 5) is 12.2. The maximum absolute atomic E-state index is 12.2. The van der Waals surface area contributed by atoms with Gasteiger partial charge in [-0.1, -0.05) is 42.5 Å². The molecule has 0 radical (unpaired) electrons. The molecule has 110 valence electrons. The Balaban J connectivity index is 1.98. The molecule has 2 rings (SSSR count). The molecule has 5 heteroatoms. The number of amides is 1. The third-order valence-electron chi connectivity index (χ3n) is 4.04. The van der Waals surface area contributed by atoms with Gasteiger partial charge in [0, 0.05) is 17.6 Å². The first kappa shape index (κ1) is 15.6. The molecule has 2 N–H and O–H groups in total. The normalized spacial score (nSPS) is 17.8. The molecule has 0 atom stereocenters. The van der Waals surface area contributed by atoms with Crippen LogP contribution < -0.4 is 10.6 Å². The Morgan fingerprint density at radius 3 is 2.50 bits per heavy atom. The van der Waals surface area contributed by atoms with Crippen LogP contribution in [-0.4, -0.2) is 18.5 Å². The van der Waals surface area contributed by atoms with Crippen molar-refractivity contribution < 1.29 is 4.79 Å². The summed E-state index contributed by atoms with van der Waals surface area (Å²) in [6, 6.07) is 5.13. The summed E-state index contributed by atoms with van der Waals surface area (Å²) in [5.74, 6) is 0.0136. The fraction of sp³-hybridized carbons (Fsp3) is 0.533. The van der Waals surface area contributed by atoms with Crippen LogP contribution in [0.1, 0.15) is 38.5 Å². The lowest BCUT2D eigenvalue weighted by Crippen LogP contribution is -2.47. The van der Waals surface area contributed by atoms with Crippen molar-refractivity contribution in [1.82, 2.24) is 5.32 Å². The molecular formula is C15H20Cl2N2O. The third kappa shape index (κ3) is 3.87. The van der Waals surface area contributed by atoms with Crippen LogP contribution in [-0.2, 0) is 4.79 Å². The van der Waals surface area contributed by atoms with Crippen molar-refractivity contribution in [3.8, 4) is 0 Å². The van der Waals surface area contributed by atoms with Gasteiger partial charge < -0.3 is 10.6 Å². The van der Waals surface area contributed by atoms with Gasteiger partial charge in [-0.15, -0.1) is 0 Å². The fourth-order valence-corrected chi connectivity index (χ4v) is 3.13. The third-order valence-corrected chi connectivity index (χ3v) is 4.78. The number of hydrogen-bond donors (Lipinski definition) is 2. The zero-order chi connectivity index (χ0) is 14.6. The van der Waals surface area contributed by atoms with E-state index in [0.29, 0.717) is 22.2 Å². The molecule has 0 bridgehead atoms. The summed E-state index contributed by atoms with van der Waals surface area (Å²) in [7, 11) is 1.94. The van der Waals surface area contributed by atoms with Gasteiger partial charge in [0.05, 0.1) is 10.0 Å². The van der Waals surface area contributed by atoms with E-state index in [4.69, 9.17) is 23.2 Å². The minimum absolute atomic E-state index is 0.0136. The van der Waals surface area contributed by atoms with Gasteiger partial charge in [0.25, 0.3) is 0 Å². The van der Waals surface area contributed by atoms with Crippen molar-refractivity contribution in [3.63, 3.8) is 0 Å². The maximum Gasteiger partial charge on any atom is 0.226 e. The molecule has 0 aliphatic heterocycles. The molecule has 1 aliphatic rings. The molecule has 20 heavy (non-hydrogen) atoms. The van der Waals surface area contributed by atoms with Gasteiger partial charge in [-0.05, 0) is 38.1 Å². The van der Waals surface area contributed by atoms with E-state index >= 15 is 0 Å². The summed E-state index contributed by atoms with van der Waals surface area (Å²) in [5, 5.41) is 7.18. The smallest absolute Gasteiger partial charge is 0.226 e. The number of halogens is 2. The molecular weight excluding hydrogens is 295 g/mol. The summed E-state index contributed by atoms with van der Waals surface area (Å²) in [6.07, 6.45) is 6.22. The number of benzene rings is 1. The lowest BCUT2D eigenvalue weighted by molar-refractivity contribution is -0.117. The van der Waals surface area contributed by atoms with E-state index in [0.717, 1.165) is 12.8 Å². The highest BCUT2D eigenvalue weighted by atomic mass is 35.5. The van der Waals surface area contributed by atoms with Crippen LogP contribution in [0.3, 0.4) is 0 Å². The maximum atomic E-state index is 12.2. The zero-order valence-corrected chi connectivity index (χ0v) is 13.2. The van der Waals surface area contributed by atoms with Crippen LogP contribution in [0, 0.1) is 0 Å². The van der Waals surface area contributed by atoms with Crippen LogP contribution in [0.2, 0.25) is 10.0 Å². The molecule has 0 heterocycles. The van der Waals surface area contributed by atoms with Crippen molar-refractivity contribution in [1.29, 1.82) is 0 Å². The van der Waals surface area contributed by atoms with E-state index in [1.807, 2.05) is 7.05 Å². The standard InChI is InChI=1S/C15H20Cl2N2O/c1-18-15(7-3-2-4-8-15)10-14(20)19-11-5-6-12(16)13(17)9-11/h5-6,9,18H,2-4,7-8,10H2,1H3,(H,19,20). The SMILES string of the molecule is CNC1(CC(=O)Nc2ccc(Cl)c(Cl)c2)CCCCC1. The van der Waals surface area contributed by atoms with E-state index in [1.54, 1.807) is 18.2 Å². The molecule has 1 amide bonds. The lowest BCUT2D eigenvalue weighted by Gasteiger charge is -2.36. The number of carbonyl (C=O) groups excluding carboxylic acids is 1. The number of nitrogens with one attached hydrogen (secondary N) is 2. The number of carbonyl (C=O) groups is 1. The Kier molecular flexibility index (Phi) is 5.30. The lowest BCUT2D eigenvalue weighted by atomic mass is 9.79. The number of anilines is 1. The minimum Gasteiger partial charge on any atom is -0.326 e. The first-order valence-corrected chi connectivity index (χ1v) is 7.74. The second-order valence-corrected chi connectivity index (χ2v) is 6.26. The number of hydrogen-bond acceptors (Lipinski definition) is 2. The summed E-state index contributed by atoms with van der Waals surface area (Å²) < 4.78 is 0. The van der Waals surface area contributed by atoms with Gasteiger partial charge >= 0.3 is 0 Å². The fourth-order valence-electron chi connectivity index (χ4n) is 2.83. The molecule has 0 aromatic heterocycles. The summed E-state index contributed by atoms with van der Waals surface area (Å²) in [5.41, 5.74) is 0.630.